The Morgan fingerprint density at radius 3 is 2.07 bits per heavy atom. The molecule has 9 heteroatoms. The quantitative estimate of drug-likeness (QED) is 0.364. The molecule has 1 aliphatic carbocycles. The first-order valence-electron chi connectivity index (χ1n) is 8.58. The van der Waals surface area contributed by atoms with E-state index in [1.165, 1.54) is 0 Å². The normalized spacial score (nSPS) is 20.3. The smallest absolute Gasteiger partial charge is 0.400 e. The van der Waals surface area contributed by atoms with Gasteiger partial charge >= 0.3 is 18.2 Å². The van der Waals surface area contributed by atoms with Crippen molar-refractivity contribution in [3.63, 3.8) is 0 Å². The van der Waals surface area contributed by atoms with Gasteiger partial charge in [-0.3, -0.25) is 0 Å². The Morgan fingerprint density at radius 1 is 1.04 bits per heavy atom. The molecule has 0 bridgehead atoms. The van der Waals surface area contributed by atoms with Crippen LogP contribution in [0.2, 0.25) is 0 Å². The lowest BCUT2D eigenvalue weighted by atomic mass is 9.79. The summed E-state index contributed by atoms with van der Waals surface area (Å²) in [7, 11) is 0. The molecule has 0 unspecified atom stereocenters. The molecule has 27 heavy (non-hydrogen) atoms. The third kappa shape index (κ3) is 5.52. The molecule has 0 aromatic heterocycles. The molecule has 1 saturated carbocycles. The van der Waals surface area contributed by atoms with Gasteiger partial charge in [-0.15, -0.1) is 0 Å². The summed E-state index contributed by atoms with van der Waals surface area (Å²) in [6, 6.07) is -1.83. The van der Waals surface area contributed by atoms with Crippen molar-refractivity contribution in [1.29, 1.82) is 0 Å². The van der Waals surface area contributed by atoms with Gasteiger partial charge in [-0.05, 0) is 31.6 Å². The van der Waals surface area contributed by atoms with E-state index in [1.807, 2.05) is 6.92 Å². The standard InChI is InChI=1S/C18H19F7O2/c1-2-3-10-4-6-11(7-5-10)18(24,25)27-12-8-13(19)15(14(20)9-12)26-17(23)16(21)22/h8-11H,2-7H2,1H3. The van der Waals surface area contributed by atoms with Crippen LogP contribution in [0, 0.1) is 23.5 Å². The highest BCUT2D eigenvalue weighted by Gasteiger charge is 2.44. The molecule has 0 saturated heterocycles. The molecule has 0 spiro atoms. The van der Waals surface area contributed by atoms with Crippen molar-refractivity contribution < 1.29 is 40.2 Å². The van der Waals surface area contributed by atoms with Crippen LogP contribution in [0.15, 0.2) is 24.2 Å². The summed E-state index contributed by atoms with van der Waals surface area (Å²) in [5, 5.41) is 0. The van der Waals surface area contributed by atoms with Gasteiger partial charge in [-0.25, -0.2) is 8.78 Å². The Morgan fingerprint density at radius 2 is 1.59 bits per heavy atom. The fraction of sp³-hybridized carbons (Fsp3) is 0.556. The van der Waals surface area contributed by atoms with Crippen LogP contribution in [0.4, 0.5) is 30.7 Å². The molecule has 1 fully saturated rings. The second-order valence-electron chi connectivity index (χ2n) is 6.52. The maximum atomic E-state index is 14.3. The first-order chi connectivity index (χ1) is 12.6. The van der Waals surface area contributed by atoms with Crippen LogP contribution in [0.5, 0.6) is 11.5 Å². The van der Waals surface area contributed by atoms with E-state index in [9.17, 15) is 30.7 Å². The van der Waals surface area contributed by atoms with E-state index in [0.717, 1.165) is 12.8 Å². The molecular formula is C18H19F7O2. The highest BCUT2D eigenvalue weighted by molar-refractivity contribution is 5.36. The van der Waals surface area contributed by atoms with Gasteiger partial charge in [-0.1, -0.05) is 19.8 Å². The van der Waals surface area contributed by atoms with E-state index in [2.05, 4.69) is 9.47 Å². The molecule has 0 radical (unpaired) electrons. The van der Waals surface area contributed by atoms with Crippen LogP contribution in [0.1, 0.15) is 45.4 Å². The van der Waals surface area contributed by atoms with Gasteiger partial charge in [0, 0.05) is 12.1 Å². The largest absolute Gasteiger partial charge is 0.432 e. The molecule has 0 heterocycles. The summed E-state index contributed by atoms with van der Waals surface area (Å²) >= 11 is 0. The molecule has 1 aromatic rings. The average Bonchev–Trinajstić information content (AvgIpc) is 2.58. The lowest BCUT2D eigenvalue weighted by molar-refractivity contribution is -0.223. The van der Waals surface area contributed by atoms with E-state index in [1.54, 1.807) is 0 Å². The Kier molecular flexibility index (Phi) is 7.00. The molecule has 2 rings (SSSR count). The van der Waals surface area contributed by atoms with Crippen LogP contribution in [0.3, 0.4) is 0 Å². The van der Waals surface area contributed by atoms with E-state index < -0.39 is 47.3 Å². The third-order valence-corrected chi connectivity index (χ3v) is 4.58. The summed E-state index contributed by atoms with van der Waals surface area (Å²) in [5.41, 5.74) is 0. The zero-order chi connectivity index (χ0) is 20.2. The van der Waals surface area contributed by atoms with Gasteiger partial charge in [0.1, 0.15) is 5.75 Å². The first kappa shape index (κ1) is 21.4. The lowest BCUT2D eigenvalue weighted by Crippen LogP contribution is -2.37. The van der Waals surface area contributed by atoms with Crippen molar-refractivity contribution in [1.82, 2.24) is 0 Å². The number of hydrogen-bond acceptors (Lipinski definition) is 2. The second kappa shape index (κ2) is 8.84. The van der Waals surface area contributed by atoms with Crippen molar-refractivity contribution in [3.8, 4) is 11.5 Å². The number of rotatable bonds is 7. The molecule has 1 aliphatic rings. The highest BCUT2D eigenvalue weighted by Crippen LogP contribution is 2.42. The van der Waals surface area contributed by atoms with Crippen molar-refractivity contribution in [3.05, 3.63) is 35.9 Å². The molecule has 0 amide bonds. The topological polar surface area (TPSA) is 18.5 Å². The van der Waals surface area contributed by atoms with Crippen molar-refractivity contribution in [2.24, 2.45) is 11.8 Å². The SMILES string of the molecule is CCCC1CCC(C(F)(F)Oc2cc(F)c(OC(F)=C(F)F)c(F)c2)CC1. The van der Waals surface area contributed by atoms with Crippen molar-refractivity contribution in [2.75, 3.05) is 0 Å². The van der Waals surface area contributed by atoms with E-state index in [0.29, 0.717) is 30.9 Å². The second-order valence-corrected chi connectivity index (χ2v) is 6.52. The van der Waals surface area contributed by atoms with Gasteiger partial charge in [0.25, 0.3) is 0 Å². The third-order valence-electron chi connectivity index (χ3n) is 4.58. The molecule has 1 aromatic carbocycles. The lowest BCUT2D eigenvalue weighted by Gasteiger charge is -2.33. The van der Waals surface area contributed by atoms with Crippen LogP contribution < -0.4 is 9.47 Å². The van der Waals surface area contributed by atoms with Gasteiger partial charge in [0.2, 0.25) is 5.75 Å². The highest BCUT2D eigenvalue weighted by atomic mass is 19.3. The fourth-order valence-corrected chi connectivity index (χ4v) is 3.26. The Bertz CT molecular complexity index is 655. The molecule has 0 N–H and O–H groups in total. The summed E-state index contributed by atoms with van der Waals surface area (Å²) in [6.45, 7) is 2.02. The predicted octanol–water partition coefficient (Wildman–Crippen LogP) is 6.96. The summed E-state index contributed by atoms with van der Waals surface area (Å²) in [4.78, 5) is 0. The summed E-state index contributed by atoms with van der Waals surface area (Å²) in [6.07, 6.45) is -2.97. The zero-order valence-electron chi connectivity index (χ0n) is 14.5. The average molecular weight is 400 g/mol. The number of ether oxygens (including phenoxy) is 2. The number of benzene rings is 1. The molecule has 0 atom stereocenters. The fourth-order valence-electron chi connectivity index (χ4n) is 3.26. The van der Waals surface area contributed by atoms with Crippen LogP contribution in [0.25, 0.3) is 0 Å². The maximum absolute atomic E-state index is 14.3. The first-order valence-corrected chi connectivity index (χ1v) is 8.58. The molecular weight excluding hydrogens is 381 g/mol. The summed E-state index contributed by atoms with van der Waals surface area (Å²) in [5.74, 6) is -6.34. The van der Waals surface area contributed by atoms with E-state index in [4.69, 9.17) is 0 Å². The number of halogens is 7. The maximum Gasteiger partial charge on any atom is 0.400 e. The Labute approximate surface area is 152 Å². The molecule has 152 valence electrons. The van der Waals surface area contributed by atoms with E-state index in [-0.39, 0.29) is 12.8 Å². The van der Waals surface area contributed by atoms with Crippen LogP contribution >= 0.6 is 0 Å². The van der Waals surface area contributed by atoms with Crippen molar-refractivity contribution in [2.45, 2.75) is 51.6 Å². The minimum Gasteiger partial charge on any atom is -0.432 e. The van der Waals surface area contributed by atoms with Gasteiger partial charge < -0.3 is 9.47 Å². The van der Waals surface area contributed by atoms with Crippen LogP contribution in [-0.4, -0.2) is 6.11 Å². The number of hydrogen-bond donors (Lipinski definition) is 0. The molecule has 0 aliphatic heterocycles. The Hall–Kier alpha value is -1.93. The Balaban J connectivity index is 2.09. The van der Waals surface area contributed by atoms with Gasteiger partial charge in [0.15, 0.2) is 11.6 Å². The zero-order valence-corrected chi connectivity index (χ0v) is 14.5. The molecule has 2 nitrogen and oxygen atoms in total. The van der Waals surface area contributed by atoms with Gasteiger partial charge in [0.05, 0.1) is 5.92 Å². The minimum absolute atomic E-state index is 0.218. The monoisotopic (exact) mass is 400 g/mol. The minimum atomic E-state index is -3.66. The predicted molar refractivity (Wildman–Crippen MR) is 83.3 cm³/mol. The van der Waals surface area contributed by atoms with Crippen LogP contribution in [-0.2, 0) is 0 Å². The van der Waals surface area contributed by atoms with Crippen molar-refractivity contribution >= 4 is 0 Å². The summed E-state index contributed by atoms with van der Waals surface area (Å²) < 4.78 is 101. The van der Waals surface area contributed by atoms with E-state index >= 15 is 0 Å². The van der Waals surface area contributed by atoms with Gasteiger partial charge in [-0.2, -0.15) is 22.0 Å². The number of alkyl halides is 2.